The van der Waals surface area contributed by atoms with Crippen molar-refractivity contribution in [1.82, 2.24) is 10.6 Å². The number of carbonyl (C=O) groups excluding carboxylic acids is 1. The third kappa shape index (κ3) is 5.50. The van der Waals surface area contributed by atoms with E-state index < -0.39 is 9.84 Å². The van der Waals surface area contributed by atoms with Crippen molar-refractivity contribution in [2.24, 2.45) is 5.92 Å². The summed E-state index contributed by atoms with van der Waals surface area (Å²) in [5.74, 6) is -0.0121. The van der Waals surface area contributed by atoms with Crippen LogP contribution in [0.5, 0.6) is 0 Å². The van der Waals surface area contributed by atoms with Crippen LogP contribution in [0.25, 0.3) is 0 Å². The second-order valence-corrected chi connectivity index (χ2v) is 7.26. The van der Waals surface area contributed by atoms with E-state index in [9.17, 15) is 13.2 Å². The molecule has 0 spiro atoms. The first-order valence-electron chi connectivity index (χ1n) is 5.99. The zero-order chi connectivity index (χ0) is 13.1. The van der Waals surface area contributed by atoms with E-state index >= 15 is 0 Å². The Balaban J connectivity index is 2.43. The molecule has 3 atom stereocenters. The molecule has 2 N–H and O–H groups in total. The van der Waals surface area contributed by atoms with E-state index in [1.54, 1.807) is 6.92 Å². The second kappa shape index (κ2) is 5.82. The molecular formula is C11H22N2O3S. The molecule has 1 aliphatic rings. The number of amides is 1. The predicted molar refractivity (Wildman–Crippen MR) is 67.5 cm³/mol. The number of hydrogen-bond donors (Lipinski definition) is 2. The van der Waals surface area contributed by atoms with Crippen LogP contribution < -0.4 is 10.6 Å². The Kier molecular flexibility index (Phi) is 4.94. The molecule has 0 aromatic carbocycles. The van der Waals surface area contributed by atoms with Gasteiger partial charge >= 0.3 is 0 Å². The normalized spacial score (nSPS) is 27.5. The molecule has 100 valence electrons. The average Bonchev–Trinajstić information content (AvgIpc) is 2.14. The molecule has 0 aliphatic carbocycles. The molecule has 3 unspecified atom stereocenters. The smallest absolute Gasteiger partial charge is 0.223 e. The number of hydrogen-bond acceptors (Lipinski definition) is 4. The number of nitrogens with one attached hydrogen (secondary N) is 2. The van der Waals surface area contributed by atoms with E-state index in [1.165, 1.54) is 6.26 Å². The first kappa shape index (κ1) is 14.4. The molecule has 1 rings (SSSR count). The molecule has 1 aliphatic heterocycles. The maximum atomic E-state index is 11.9. The van der Waals surface area contributed by atoms with Gasteiger partial charge in [0.05, 0.1) is 5.75 Å². The van der Waals surface area contributed by atoms with Crippen LogP contribution in [0.3, 0.4) is 0 Å². The van der Waals surface area contributed by atoms with Crippen molar-refractivity contribution in [3.63, 3.8) is 0 Å². The molecular weight excluding hydrogens is 240 g/mol. The number of piperidine rings is 1. The lowest BCUT2D eigenvalue weighted by atomic mass is 9.92. The van der Waals surface area contributed by atoms with Gasteiger partial charge in [0.25, 0.3) is 0 Å². The molecule has 0 radical (unpaired) electrons. The third-order valence-electron chi connectivity index (χ3n) is 2.94. The van der Waals surface area contributed by atoms with Crippen molar-refractivity contribution in [1.29, 1.82) is 0 Å². The van der Waals surface area contributed by atoms with Gasteiger partial charge in [-0.25, -0.2) is 8.42 Å². The van der Waals surface area contributed by atoms with Crippen LogP contribution in [0.2, 0.25) is 0 Å². The Morgan fingerprint density at radius 1 is 1.53 bits per heavy atom. The summed E-state index contributed by atoms with van der Waals surface area (Å²) in [6.45, 7) is 4.63. The quantitative estimate of drug-likeness (QED) is 0.743. The number of carbonyl (C=O) groups is 1. The van der Waals surface area contributed by atoms with Crippen molar-refractivity contribution in [3.05, 3.63) is 0 Å². The minimum absolute atomic E-state index is 0.000731. The standard InChI is InChI=1S/C11H22N2O3S/c1-8-6-10(4-5-12-8)11(14)13-9(2)7-17(3,15)16/h8-10,12H,4-7H2,1-3H3,(H,13,14). The minimum Gasteiger partial charge on any atom is -0.352 e. The number of sulfone groups is 1. The van der Waals surface area contributed by atoms with Gasteiger partial charge in [-0.15, -0.1) is 0 Å². The first-order valence-corrected chi connectivity index (χ1v) is 8.05. The van der Waals surface area contributed by atoms with Crippen molar-refractivity contribution in [3.8, 4) is 0 Å². The molecule has 1 saturated heterocycles. The fourth-order valence-electron chi connectivity index (χ4n) is 2.23. The van der Waals surface area contributed by atoms with Crippen molar-refractivity contribution in [2.75, 3.05) is 18.6 Å². The van der Waals surface area contributed by atoms with Crippen LogP contribution in [-0.2, 0) is 14.6 Å². The summed E-state index contributed by atoms with van der Waals surface area (Å²) in [7, 11) is -3.04. The Bertz CT molecular complexity index is 367. The molecule has 1 fully saturated rings. The molecule has 1 heterocycles. The highest BCUT2D eigenvalue weighted by Crippen LogP contribution is 2.16. The Morgan fingerprint density at radius 3 is 2.71 bits per heavy atom. The highest BCUT2D eigenvalue weighted by atomic mass is 32.2. The summed E-state index contributed by atoms with van der Waals surface area (Å²) in [6.07, 6.45) is 2.82. The topological polar surface area (TPSA) is 75.3 Å². The van der Waals surface area contributed by atoms with Gasteiger partial charge < -0.3 is 10.6 Å². The third-order valence-corrected chi connectivity index (χ3v) is 4.04. The summed E-state index contributed by atoms with van der Waals surface area (Å²) in [5, 5.41) is 6.06. The summed E-state index contributed by atoms with van der Waals surface area (Å²) in [4.78, 5) is 11.9. The lowest BCUT2D eigenvalue weighted by Crippen LogP contribution is -2.46. The van der Waals surface area contributed by atoms with Crippen LogP contribution in [-0.4, -0.2) is 45.0 Å². The monoisotopic (exact) mass is 262 g/mol. The van der Waals surface area contributed by atoms with Crippen LogP contribution in [0.15, 0.2) is 0 Å². The van der Waals surface area contributed by atoms with Crippen molar-refractivity contribution < 1.29 is 13.2 Å². The molecule has 1 amide bonds. The van der Waals surface area contributed by atoms with Gasteiger partial charge in [0.2, 0.25) is 5.91 Å². The van der Waals surface area contributed by atoms with Gasteiger partial charge in [0.1, 0.15) is 9.84 Å². The van der Waals surface area contributed by atoms with Crippen molar-refractivity contribution in [2.45, 2.75) is 38.8 Å². The molecule has 0 aromatic rings. The minimum atomic E-state index is -3.04. The van der Waals surface area contributed by atoms with Crippen LogP contribution in [0, 0.1) is 5.92 Å². The van der Waals surface area contributed by atoms with Gasteiger partial charge in [-0.3, -0.25) is 4.79 Å². The van der Waals surface area contributed by atoms with Crippen molar-refractivity contribution >= 4 is 15.7 Å². The van der Waals surface area contributed by atoms with Gasteiger partial charge in [0, 0.05) is 24.3 Å². The van der Waals surface area contributed by atoms with E-state index in [0.717, 1.165) is 19.4 Å². The van der Waals surface area contributed by atoms with E-state index in [4.69, 9.17) is 0 Å². The van der Waals surface area contributed by atoms with Gasteiger partial charge in [-0.05, 0) is 33.2 Å². The SMILES string of the molecule is CC1CC(C(=O)NC(C)CS(C)(=O)=O)CCN1. The lowest BCUT2D eigenvalue weighted by Gasteiger charge is -2.28. The maximum Gasteiger partial charge on any atom is 0.223 e. The van der Waals surface area contributed by atoms with Gasteiger partial charge in [0.15, 0.2) is 0 Å². The van der Waals surface area contributed by atoms with Gasteiger partial charge in [-0.1, -0.05) is 0 Å². The number of rotatable bonds is 4. The fraction of sp³-hybridized carbons (Fsp3) is 0.909. The largest absolute Gasteiger partial charge is 0.352 e. The Morgan fingerprint density at radius 2 is 2.18 bits per heavy atom. The molecule has 6 heteroatoms. The van der Waals surface area contributed by atoms with Crippen LogP contribution in [0.1, 0.15) is 26.7 Å². The first-order chi connectivity index (χ1) is 7.78. The molecule has 0 saturated carbocycles. The fourth-order valence-corrected chi connectivity index (χ4v) is 3.22. The lowest BCUT2D eigenvalue weighted by molar-refractivity contribution is -0.126. The second-order valence-electron chi connectivity index (χ2n) is 5.08. The summed E-state index contributed by atoms with van der Waals surface area (Å²) >= 11 is 0. The van der Waals surface area contributed by atoms with Crippen LogP contribution in [0.4, 0.5) is 0 Å². The zero-order valence-electron chi connectivity index (χ0n) is 10.7. The molecule has 0 bridgehead atoms. The average molecular weight is 262 g/mol. The zero-order valence-corrected chi connectivity index (χ0v) is 11.5. The predicted octanol–water partition coefficient (Wildman–Crippen LogP) is -0.0762. The van der Waals surface area contributed by atoms with Crippen LogP contribution >= 0.6 is 0 Å². The summed E-state index contributed by atoms with van der Waals surface area (Å²) in [5.41, 5.74) is 0. The highest BCUT2D eigenvalue weighted by Gasteiger charge is 2.25. The molecule has 17 heavy (non-hydrogen) atoms. The molecule has 5 nitrogen and oxygen atoms in total. The Labute approximate surface area is 103 Å². The van der Waals surface area contributed by atoms with E-state index in [-0.39, 0.29) is 23.6 Å². The summed E-state index contributed by atoms with van der Waals surface area (Å²) < 4.78 is 22.2. The van der Waals surface area contributed by atoms with Gasteiger partial charge in [-0.2, -0.15) is 0 Å². The maximum absolute atomic E-state index is 11.9. The van der Waals surface area contributed by atoms with E-state index in [0.29, 0.717) is 6.04 Å². The summed E-state index contributed by atoms with van der Waals surface area (Å²) in [6, 6.07) is 0.0346. The van der Waals surface area contributed by atoms with E-state index in [1.807, 2.05) is 0 Å². The van der Waals surface area contributed by atoms with E-state index in [2.05, 4.69) is 17.6 Å². The Hall–Kier alpha value is -0.620. The molecule has 0 aromatic heterocycles. The highest BCUT2D eigenvalue weighted by molar-refractivity contribution is 7.90.